The zero-order chi connectivity index (χ0) is 19.0. The van der Waals surface area contributed by atoms with E-state index < -0.39 is 25.8 Å². The van der Waals surface area contributed by atoms with Crippen molar-refractivity contribution < 1.29 is 26.7 Å². The summed E-state index contributed by atoms with van der Waals surface area (Å²) < 4.78 is 48.7. The minimum atomic E-state index is -4.06. The summed E-state index contributed by atoms with van der Waals surface area (Å²) in [5.74, 6) is -0.917. The Morgan fingerprint density at radius 2 is 1.76 bits per heavy atom. The third kappa shape index (κ3) is 4.36. The van der Waals surface area contributed by atoms with Crippen LogP contribution in [0.2, 0.25) is 0 Å². The van der Waals surface area contributed by atoms with Gasteiger partial charge >= 0.3 is 0 Å². The third-order valence-corrected chi connectivity index (χ3v) is 7.79. The van der Waals surface area contributed by atoms with Crippen molar-refractivity contribution in [3.8, 4) is 0 Å². The number of ketones is 1. The lowest BCUT2D eigenvalue weighted by atomic mass is 9.86. The number of anilines is 1. The number of rotatable bonds is 5. The summed E-state index contributed by atoms with van der Waals surface area (Å²) >= 11 is 1.22. The van der Waals surface area contributed by atoms with Crippen LogP contribution >= 0.6 is 11.8 Å². The van der Waals surface area contributed by atoms with Crippen LogP contribution in [0.5, 0.6) is 0 Å². The van der Waals surface area contributed by atoms with Crippen LogP contribution in [0.25, 0.3) is 0 Å². The number of aliphatic hydroxyl groups excluding tert-OH is 1. The van der Waals surface area contributed by atoms with Crippen molar-refractivity contribution >= 4 is 43.3 Å². The van der Waals surface area contributed by atoms with Crippen LogP contribution < -0.4 is 3.71 Å². The zero-order valence-electron chi connectivity index (χ0n) is 14.0. The number of hydrogen-bond donors (Lipinski definition) is 1. The molecule has 0 heterocycles. The average molecular weight is 406 g/mol. The van der Waals surface area contributed by atoms with Crippen LogP contribution in [0.3, 0.4) is 0 Å². The second-order valence-electron chi connectivity index (χ2n) is 5.80. The van der Waals surface area contributed by atoms with Crippen LogP contribution in [0.1, 0.15) is 24.3 Å². The van der Waals surface area contributed by atoms with Gasteiger partial charge in [-0.15, -0.1) is 11.8 Å². The molecule has 1 aromatic rings. The Morgan fingerprint density at radius 1 is 1.16 bits per heavy atom. The Kier molecular flexibility index (Phi) is 5.55. The number of nitrogens with zero attached hydrogens (tertiary/aromatic N) is 1. The Bertz CT molecular complexity index is 902. The van der Waals surface area contributed by atoms with Gasteiger partial charge in [0.2, 0.25) is 20.0 Å². The molecule has 7 nitrogen and oxygen atoms in total. The lowest BCUT2D eigenvalue weighted by Gasteiger charge is -2.25. The largest absolute Gasteiger partial charge is 0.505 e. The van der Waals surface area contributed by atoms with Crippen LogP contribution in [-0.2, 0) is 24.8 Å². The number of allylic oxidation sites excluding steroid dienone is 2. The van der Waals surface area contributed by atoms with Gasteiger partial charge in [0.05, 0.1) is 18.2 Å². The topological polar surface area (TPSA) is 109 Å². The molecule has 1 aliphatic carbocycles. The van der Waals surface area contributed by atoms with Gasteiger partial charge in [0, 0.05) is 11.3 Å². The van der Waals surface area contributed by atoms with E-state index in [2.05, 4.69) is 0 Å². The molecule has 1 unspecified atom stereocenters. The van der Waals surface area contributed by atoms with Crippen molar-refractivity contribution in [1.82, 2.24) is 0 Å². The van der Waals surface area contributed by atoms with Crippen molar-refractivity contribution in [3.05, 3.63) is 35.6 Å². The molecule has 1 aromatic carbocycles. The van der Waals surface area contributed by atoms with E-state index in [1.54, 1.807) is 18.4 Å². The van der Waals surface area contributed by atoms with E-state index in [0.29, 0.717) is 20.6 Å². The van der Waals surface area contributed by atoms with Crippen molar-refractivity contribution in [2.24, 2.45) is 0 Å². The van der Waals surface area contributed by atoms with Crippen molar-refractivity contribution in [2.45, 2.75) is 23.7 Å². The first-order chi connectivity index (χ1) is 11.4. The van der Waals surface area contributed by atoms with Gasteiger partial charge in [0.25, 0.3) is 0 Å². The number of carbonyl (C=O) groups is 1. The van der Waals surface area contributed by atoms with Crippen LogP contribution in [0.15, 0.2) is 34.9 Å². The number of aliphatic hydroxyl groups is 1. The molecule has 2 rings (SSSR count). The lowest BCUT2D eigenvalue weighted by Crippen LogP contribution is -2.35. The Labute approximate surface area is 151 Å². The van der Waals surface area contributed by atoms with Gasteiger partial charge in [-0.25, -0.2) is 16.8 Å². The number of benzene rings is 1. The molecular weight excluding hydrogens is 386 g/mol. The number of sulfonamides is 2. The quantitative estimate of drug-likeness (QED) is 0.747. The Morgan fingerprint density at radius 3 is 2.24 bits per heavy atom. The Balaban J connectivity index is 2.60. The third-order valence-electron chi connectivity index (χ3n) is 3.79. The molecule has 0 amide bonds. The molecule has 10 heteroatoms. The average Bonchev–Trinajstić information content (AvgIpc) is 2.47. The molecular formula is C15H19NO6S3. The fourth-order valence-corrected chi connectivity index (χ4v) is 6.40. The molecule has 0 saturated carbocycles. The smallest absolute Gasteiger partial charge is 0.245 e. The summed E-state index contributed by atoms with van der Waals surface area (Å²) in [7, 11) is -8.12. The minimum absolute atomic E-state index is 0.0428. The molecule has 0 spiro atoms. The Hall–Kier alpha value is -1.52. The van der Waals surface area contributed by atoms with Gasteiger partial charge in [-0.1, -0.05) is 6.07 Å². The van der Waals surface area contributed by atoms with E-state index in [9.17, 15) is 26.7 Å². The van der Waals surface area contributed by atoms with Gasteiger partial charge in [-0.3, -0.25) is 4.79 Å². The summed E-state index contributed by atoms with van der Waals surface area (Å²) in [6, 6.07) is 4.87. The predicted octanol–water partition coefficient (Wildman–Crippen LogP) is 2.02. The van der Waals surface area contributed by atoms with Crippen LogP contribution in [0.4, 0.5) is 5.69 Å². The summed E-state index contributed by atoms with van der Waals surface area (Å²) in [5, 5.41) is 9.42. The molecule has 0 aromatic heterocycles. The van der Waals surface area contributed by atoms with E-state index in [1.807, 2.05) is 0 Å². The lowest BCUT2D eigenvalue weighted by molar-refractivity contribution is -0.118. The SMILES string of the molecule is CSc1ccc(C2CC=C(O)C(=O)C2)cc1N(S(C)(=O)=O)S(C)(=O)=O. The van der Waals surface area contributed by atoms with Crippen molar-refractivity contribution in [2.75, 3.05) is 22.5 Å². The highest BCUT2D eigenvalue weighted by atomic mass is 32.3. The molecule has 0 bridgehead atoms. The zero-order valence-corrected chi connectivity index (χ0v) is 16.4. The van der Waals surface area contributed by atoms with E-state index in [4.69, 9.17) is 0 Å². The maximum absolute atomic E-state index is 12.1. The van der Waals surface area contributed by atoms with E-state index in [1.165, 1.54) is 23.9 Å². The van der Waals surface area contributed by atoms with E-state index in [0.717, 1.165) is 12.5 Å². The minimum Gasteiger partial charge on any atom is -0.505 e. The van der Waals surface area contributed by atoms with Gasteiger partial charge in [-0.2, -0.15) is 3.71 Å². The highest BCUT2D eigenvalue weighted by Gasteiger charge is 2.31. The van der Waals surface area contributed by atoms with Crippen molar-refractivity contribution in [3.63, 3.8) is 0 Å². The van der Waals surface area contributed by atoms with Crippen LogP contribution in [0, 0.1) is 0 Å². The number of carbonyl (C=O) groups excluding carboxylic acids is 1. The molecule has 1 aliphatic rings. The first-order valence-corrected chi connectivity index (χ1v) is 12.2. The first-order valence-electron chi connectivity index (χ1n) is 7.26. The molecule has 25 heavy (non-hydrogen) atoms. The second-order valence-corrected chi connectivity index (χ2v) is 10.5. The summed E-state index contributed by atoms with van der Waals surface area (Å²) in [4.78, 5) is 12.2. The van der Waals surface area contributed by atoms with E-state index >= 15 is 0 Å². The molecule has 0 radical (unpaired) electrons. The van der Waals surface area contributed by atoms with Gasteiger partial charge in [0.15, 0.2) is 11.5 Å². The monoisotopic (exact) mass is 405 g/mol. The van der Waals surface area contributed by atoms with E-state index in [-0.39, 0.29) is 23.8 Å². The maximum Gasteiger partial charge on any atom is 0.245 e. The standard InChI is InChI=1S/C15H19NO6S3/c1-23-15-7-5-10(11-4-6-13(17)14(18)9-11)8-12(15)16(24(2,19)20)25(3,21)22/h5-8,11,17H,4,9H2,1-3H3. The van der Waals surface area contributed by atoms with Crippen LogP contribution in [-0.4, -0.2) is 46.5 Å². The normalized spacial score (nSPS) is 18.8. The predicted molar refractivity (Wildman–Crippen MR) is 98.1 cm³/mol. The molecule has 1 N–H and O–H groups in total. The van der Waals surface area contributed by atoms with Gasteiger partial charge in [0.1, 0.15) is 0 Å². The summed E-state index contributed by atoms with van der Waals surface area (Å²) in [6.45, 7) is 0. The highest BCUT2D eigenvalue weighted by molar-refractivity contribution is 8.09. The summed E-state index contributed by atoms with van der Waals surface area (Å²) in [5.41, 5.74) is 0.684. The maximum atomic E-state index is 12.1. The molecule has 0 saturated heterocycles. The molecule has 0 aliphatic heterocycles. The summed E-state index contributed by atoms with van der Waals surface area (Å²) in [6.07, 6.45) is 5.28. The molecule has 0 fully saturated rings. The molecule has 1 atom stereocenters. The van der Waals surface area contributed by atoms with Gasteiger partial charge < -0.3 is 5.11 Å². The molecule has 138 valence electrons. The van der Waals surface area contributed by atoms with Gasteiger partial charge in [-0.05, 0) is 42.4 Å². The second kappa shape index (κ2) is 7.00. The fraction of sp³-hybridized carbons (Fsp3) is 0.400. The first kappa shape index (κ1) is 19.8. The number of thioether (sulfide) groups is 1. The highest BCUT2D eigenvalue weighted by Crippen LogP contribution is 2.37. The fourth-order valence-electron chi connectivity index (χ4n) is 2.74. The number of Topliss-reactive ketones (excluding diaryl/α,β-unsaturated/α-hetero) is 1. The number of hydrogen-bond acceptors (Lipinski definition) is 7. The van der Waals surface area contributed by atoms with Crippen molar-refractivity contribution in [1.29, 1.82) is 0 Å².